The van der Waals surface area contributed by atoms with Crippen LogP contribution in [0.4, 0.5) is 11.4 Å². The summed E-state index contributed by atoms with van der Waals surface area (Å²) in [5.41, 5.74) is 1.01. The monoisotopic (exact) mass is 291 g/mol. The van der Waals surface area contributed by atoms with Crippen molar-refractivity contribution in [2.75, 3.05) is 18.9 Å². The van der Waals surface area contributed by atoms with Gasteiger partial charge in [-0.05, 0) is 30.4 Å². The maximum Gasteiger partial charge on any atom is 0.292 e. The van der Waals surface area contributed by atoms with Crippen LogP contribution < -0.4 is 10.6 Å². The predicted molar refractivity (Wildman–Crippen MR) is 81.6 cm³/mol. The van der Waals surface area contributed by atoms with E-state index in [0.717, 1.165) is 12.8 Å². The predicted octanol–water partition coefficient (Wildman–Crippen LogP) is 2.95. The third-order valence-electron chi connectivity index (χ3n) is 4.20. The van der Waals surface area contributed by atoms with Crippen LogP contribution in [-0.4, -0.2) is 24.4 Å². The van der Waals surface area contributed by atoms with Gasteiger partial charge in [0.15, 0.2) is 0 Å². The van der Waals surface area contributed by atoms with Gasteiger partial charge in [-0.1, -0.05) is 19.8 Å². The Morgan fingerprint density at radius 2 is 2.05 bits per heavy atom. The van der Waals surface area contributed by atoms with E-state index in [4.69, 9.17) is 0 Å². The molecule has 1 aromatic rings. The number of hydrogen-bond acceptors (Lipinski definition) is 4. The molecular formula is C15H21N3O3. The number of benzene rings is 1. The molecular weight excluding hydrogens is 270 g/mol. The first-order chi connectivity index (χ1) is 9.95. The number of nitrogens with zero attached hydrogens (tertiary/aromatic N) is 1. The standard InChI is InChI=1S/C15H21N3O3/c1-15(7-3-4-8-15)10-17-12-9-11(14(19)16-2)5-6-13(12)18(20)21/h5-6,9,17H,3-4,7-8,10H2,1-2H3,(H,16,19). The molecule has 6 nitrogen and oxygen atoms in total. The minimum Gasteiger partial charge on any atom is -0.379 e. The Hall–Kier alpha value is -2.11. The molecule has 6 heteroatoms. The summed E-state index contributed by atoms with van der Waals surface area (Å²) in [7, 11) is 1.54. The SMILES string of the molecule is CNC(=O)c1ccc([N+](=O)[O-])c(NCC2(C)CCCC2)c1. The van der Waals surface area contributed by atoms with E-state index in [9.17, 15) is 14.9 Å². The summed E-state index contributed by atoms with van der Waals surface area (Å²) in [4.78, 5) is 22.4. The van der Waals surface area contributed by atoms with Crippen LogP contribution in [0.5, 0.6) is 0 Å². The number of anilines is 1. The zero-order valence-electron chi connectivity index (χ0n) is 12.4. The Kier molecular flexibility index (Phi) is 4.45. The maximum absolute atomic E-state index is 11.7. The van der Waals surface area contributed by atoms with Gasteiger partial charge in [0.2, 0.25) is 0 Å². The van der Waals surface area contributed by atoms with Gasteiger partial charge in [-0.15, -0.1) is 0 Å². The molecule has 0 heterocycles. The molecule has 2 rings (SSSR count). The Labute approximate surface area is 124 Å². The summed E-state index contributed by atoms with van der Waals surface area (Å²) in [5, 5.41) is 16.8. The van der Waals surface area contributed by atoms with Crippen LogP contribution in [0.15, 0.2) is 18.2 Å². The third kappa shape index (κ3) is 3.51. The highest BCUT2D eigenvalue weighted by molar-refractivity contribution is 5.95. The molecule has 1 aromatic carbocycles. The Bertz CT molecular complexity index is 551. The second-order valence-corrected chi connectivity index (χ2v) is 5.94. The summed E-state index contributed by atoms with van der Waals surface area (Å²) in [6.45, 7) is 2.88. The Morgan fingerprint density at radius 1 is 1.38 bits per heavy atom. The normalized spacial score (nSPS) is 16.5. The molecule has 0 atom stereocenters. The van der Waals surface area contributed by atoms with Gasteiger partial charge in [0.25, 0.3) is 11.6 Å². The van der Waals surface area contributed by atoms with Crippen LogP contribution in [0.1, 0.15) is 43.0 Å². The third-order valence-corrected chi connectivity index (χ3v) is 4.20. The highest BCUT2D eigenvalue weighted by atomic mass is 16.6. The Balaban J connectivity index is 2.22. The Morgan fingerprint density at radius 3 is 2.62 bits per heavy atom. The molecule has 0 spiro atoms. The van der Waals surface area contributed by atoms with Crippen LogP contribution >= 0.6 is 0 Å². The van der Waals surface area contributed by atoms with Crippen molar-refractivity contribution in [3.8, 4) is 0 Å². The van der Waals surface area contributed by atoms with Gasteiger partial charge in [0.1, 0.15) is 5.69 Å². The minimum atomic E-state index is -0.424. The van der Waals surface area contributed by atoms with E-state index in [1.54, 1.807) is 6.07 Å². The first kappa shape index (κ1) is 15.3. The van der Waals surface area contributed by atoms with Crippen molar-refractivity contribution >= 4 is 17.3 Å². The zero-order valence-corrected chi connectivity index (χ0v) is 12.4. The van der Waals surface area contributed by atoms with Crippen LogP contribution in [-0.2, 0) is 0 Å². The van der Waals surface area contributed by atoms with E-state index in [1.165, 1.54) is 32.0 Å². The molecule has 0 aromatic heterocycles. The first-order valence-electron chi connectivity index (χ1n) is 7.20. The highest BCUT2D eigenvalue weighted by Gasteiger charge is 2.29. The van der Waals surface area contributed by atoms with Crippen molar-refractivity contribution in [2.45, 2.75) is 32.6 Å². The first-order valence-corrected chi connectivity index (χ1v) is 7.20. The lowest BCUT2D eigenvalue weighted by atomic mass is 9.89. The van der Waals surface area contributed by atoms with Crippen molar-refractivity contribution in [1.82, 2.24) is 5.32 Å². The fourth-order valence-electron chi connectivity index (χ4n) is 2.84. The lowest BCUT2D eigenvalue weighted by molar-refractivity contribution is -0.384. The number of rotatable bonds is 5. The summed E-state index contributed by atoms with van der Waals surface area (Å²) < 4.78 is 0. The second-order valence-electron chi connectivity index (χ2n) is 5.94. The van der Waals surface area contributed by atoms with Crippen LogP contribution in [0.25, 0.3) is 0 Å². The van der Waals surface area contributed by atoms with Crippen molar-refractivity contribution in [1.29, 1.82) is 0 Å². The van der Waals surface area contributed by atoms with Crippen molar-refractivity contribution in [2.24, 2.45) is 5.41 Å². The smallest absolute Gasteiger partial charge is 0.292 e. The maximum atomic E-state index is 11.7. The van der Waals surface area contributed by atoms with Crippen LogP contribution in [0.3, 0.4) is 0 Å². The van der Waals surface area contributed by atoms with E-state index >= 15 is 0 Å². The molecule has 2 N–H and O–H groups in total. The average molecular weight is 291 g/mol. The van der Waals surface area contributed by atoms with Gasteiger partial charge in [0, 0.05) is 25.2 Å². The molecule has 1 saturated carbocycles. The lowest BCUT2D eigenvalue weighted by Gasteiger charge is -2.24. The number of carbonyl (C=O) groups is 1. The molecule has 1 amide bonds. The molecule has 114 valence electrons. The number of hydrogen-bond donors (Lipinski definition) is 2. The molecule has 0 radical (unpaired) electrons. The van der Waals surface area contributed by atoms with Gasteiger partial charge in [-0.3, -0.25) is 14.9 Å². The second kappa shape index (κ2) is 6.11. The minimum absolute atomic E-state index is 0.00394. The molecule has 0 unspecified atom stereocenters. The van der Waals surface area contributed by atoms with E-state index in [-0.39, 0.29) is 17.0 Å². The van der Waals surface area contributed by atoms with Crippen LogP contribution in [0, 0.1) is 15.5 Å². The van der Waals surface area contributed by atoms with E-state index in [1.807, 2.05) is 0 Å². The highest BCUT2D eigenvalue weighted by Crippen LogP contribution is 2.38. The molecule has 0 bridgehead atoms. The van der Waals surface area contributed by atoms with E-state index in [0.29, 0.717) is 17.8 Å². The summed E-state index contributed by atoms with van der Waals surface area (Å²) >= 11 is 0. The number of nitrogens with one attached hydrogen (secondary N) is 2. The quantitative estimate of drug-likeness (QED) is 0.645. The van der Waals surface area contributed by atoms with Crippen LogP contribution in [0.2, 0.25) is 0 Å². The number of carbonyl (C=O) groups excluding carboxylic acids is 1. The van der Waals surface area contributed by atoms with Gasteiger partial charge < -0.3 is 10.6 Å². The molecule has 0 aliphatic heterocycles. The molecule has 0 saturated heterocycles. The number of nitro benzene ring substituents is 1. The fourth-order valence-corrected chi connectivity index (χ4v) is 2.84. The average Bonchev–Trinajstić information content (AvgIpc) is 2.91. The number of nitro groups is 1. The van der Waals surface area contributed by atoms with Gasteiger partial charge >= 0.3 is 0 Å². The van der Waals surface area contributed by atoms with Gasteiger partial charge in [-0.25, -0.2) is 0 Å². The molecule has 1 fully saturated rings. The topological polar surface area (TPSA) is 84.3 Å². The molecule has 21 heavy (non-hydrogen) atoms. The molecule has 1 aliphatic carbocycles. The van der Waals surface area contributed by atoms with Gasteiger partial charge in [0.05, 0.1) is 4.92 Å². The largest absolute Gasteiger partial charge is 0.379 e. The van der Waals surface area contributed by atoms with Crippen molar-refractivity contribution < 1.29 is 9.72 Å². The zero-order chi connectivity index (χ0) is 15.5. The summed E-state index contributed by atoms with van der Waals surface area (Å²) in [5.74, 6) is -0.250. The van der Waals surface area contributed by atoms with E-state index < -0.39 is 4.92 Å². The fraction of sp³-hybridized carbons (Fsp3) is 0.533. The van der Waals surface area contributed by atoms with Crippen molar-refractivity contribution in [3.05, 3.63) is 33.9 Å². The van der Waals surface area contributed by atoms with E-state index in [2.05, 4.69) is 17.6 Å². The summed E-state index contributed by atoms with van der Waals surface area (Å²) in [6.07, 6.45) is 4.67. The van der Waals surface area contributed by atoms with Gasteiger partial charge in [-0.2, -0.15) is 0 Å². The molecule has 1 aliphatic rings. The summed E-state index contributed by atoms with van der Waals surface area (Å²) in [6, 6.07) is 4.40. The van der Waals surface area contributed by atoms with Crippen molar-refractivity contribution in [3.63, 3.8) is 0 Å². The lowest BCUT2D eigenvalue weighted by Crippen LogP contribution is -2.24. The number of amides is 1.